The molecular weight excluding hydrogens is 239 g/mol. The number of anilines is 1. The largest absolute Gasteiger partial charge is 0.380 e. The summed E-state index contributed by atoms with van der Waals surface area (Å²) in [6.07, 6.45) is 0. The molecule has 1 spiro atoms. The number of rotatable bonds is 1. The number of halogens is 2. The molecule has 0 N–H and O–H groups in total. The van der Waals surface area contributed by atoms with Crippen LogP contribution in [0.5, 0.6) is 0 Å². The molecule has 0 aliphatic carbocycles. The minimum atomic E-state index is 0.135. The minimum Gasteiger partial charge on any atom is -0.380 e. The Balaban J connectivity index is 1.77. The van der Waals surface area contributed by atoms with Gasteiger partial charge in [0.2, 0.25) is 16.5 Å². The predicted octanol–water partition coefficient (Wildman–Crippen LogP) is 1.01. The van der Waals surface area contributed by atoms with Crippen LogP contribution in [0, 0.1) is 5.41 Å². The molecule has 0 aromatic carbocycles. The molecular formula is C8H8Cl2N4O. The smallest absolute Gasteiger partial charge is 0.231 e. The molecule has 2 aliphatic rings. The molecule has 3 rings (SSSR count). The van der Waals surface area contributed by atoms with E-state index in [1.807, 2.05) is 4.90 Å². The van der Waals surface area contributed by atoms with Crippen molar-refractivity contribution in [2.45, 2.75) is 0 Å². The first-order valence-corrected chi connectivity index (χ1v) is 5.32. The number of nitrogens with zero attached hydrogens (tertiary/aromatic N) is 4. The Hall–Kier alpha value is -0.650. The van der Waals surface area contributed by atoms with E-state index in [0.717, 1.165) is 26.3 Å². The molecule has 0 saturated carbocycles. The lowest BCUT2D eigenvalue weighted by Crippen LogP contribution is -2.66. The Morgan fingerprint density at radius 1 is 1.07 bits per heavy atom. The fourth-order valence-electron chi connectivity index (χ4n) is 1.94. The first-order valence-electron chi connectivity index (χ1n) is 4.57. The van der Waals surface area contributed by atoms with Gasteiger partial charge in [-0.3, -0.25) is 0 Å². The van der Waals surface area contributed by atoms with Crippen LogP contribution in [0.25, 0.3) is 0 Å². The van der Waals surface area contributed by atoms with E-state index in [0.29, 0.717) is 11.4 Å². The standard InChI is InChI=1S/C8H8Cl2N4O/c9-5-11-6(10)13-7(12-5)14-1-8(2-14)3-15-4-8/h1-4H2. The SMILES string of the molecule is Clc1nc(Cl)nc(N2CC3(COC3)C2)n1. The second kappa shape index (κ2) is 3.17. The second-order valence-corrected chi connectivity index (χ2v) is 4.70. The van der Waals surface area contributed by atoms with Gasteiger partial charge in [-0.2, -0.15) is 15.0 Å². The van der Waals surface area contributed by atoms with Crippen molar-refractivity contribution >= 4 is 29.2 Å². The summed E-state index contributed by atoms with van der Waals surface area (Å²) in [6, 6.07) is 0. The van der Waals surface area contributed by atoms with Gasteiger partial charge in [0.15, 0.2) is 0 Å². The highest BCUT2D eigenvalue weighted by atomic mass is 35.5. The fourth-order valence-corrected chi connectivity index (χ4v) is 2.29. The third kappa shape index (κ3) is 1.55. The minimum absolute atomic E-state index is 0.135. The Labute approximate surface area is 96.4 Å². The zero-order chi connectivity index (χ0) is 10.5. The molecule has 15 heavy (non-hydrogen) atoms. The third-order valence-electron chi connectivity index (χ3n) is 2.72. The van der Waals surface area contributed by atoms with Crippen molar-refractivity contribution < 1.29 is 4.74 Å². The van der Waals surface area contributed by atoms with Gasteiger partial charge in [0.25, 0.3) is 0 Å². The second-order valence-electron chi connectivity index (χ2n) is 4.02. The van der Waals surface area contributed by atoms with Crippen LogP contribution in [-0.2, 0) is 4.74 Å². The Morgan fingerprint density at radius 3 is 2.13 bits per heavy atom. The van der Waals surface area contributed by atoms with Gasteiger partial charge in [0.1, 0.15) is 0 Å². The van der Waals surface area contributed by atoms with E-state index in [1.165, 1.54) is 0 Å². The van der Waals surface area contributed by atoms with Crippen LogP contribution >= 0.6 is 23.2 Å². The lowest BCUT2D eigenvalue weighted by Gasteiger charge is -2.54. The highest BCUT2D eigenvalue weighted by Crippen LogP contribution is 2.39. The molecule has 2 fully saturated rings. The molecule has 0 amide bonds. The average Bonchev–Trinajstić information content (AvgIpc) is 1.95. The number of aromatic nitrogens is 3. The van der Waals surface area contributed by atoms with Crippen LogP contribution in [0.2, 0.25) is 10.6 Å². The number of ether oxygens (including phenoxy) is 1. The third-order valence-corrected chi connectivity index (χ3v) is 3.06. The summed E-state index contributed by atoms with van der Waals surface area (Å²) in [5.41, 5.74) is 0.325. The molecule has 0 unspecified atom stereocenters. The normalized spacial score (nSPS) is 22.4. The first kappa shape index (κ1) is 9.57. The van der Waals surface area contributed by atoms with Crippen molar-refractivity contribution in [2.75, 3.05) is 31.2 Å². The number of hydrogen-bond donors (Lipinski definition) is 0. The summed E-state index contributed by atoms with van der Waals surface area (Å²) < 4.78 is 5.18. The summed E-state index contributed by atoms with van der Waals surface area (Å²) in [7, 11) is 0. The van der Waals surface area contributed by atoms with E-state index in [1.54, 1.807) is 0 Å². The highest BCUT2D eigenvalue weighted by molar-refractivity contribution is 6.31. The van der Waals surface area contributed by atoms with E-state index < -0.39 is 0 Å². The predicted molar refractivity (Wildman–Crippen MR) is 55.3 cm³/mol. The van der Waals surface area contributed by atoms with E-state index in [9.17, 15) is 0 Å². The molecule has 5 nitrogen and oxygen atoms in total. The summed E-state index contributed by atoms with van der Waals surface area (Å²) >= 11 is 11.4. The molecule has 2 saturated heterocycles. The van der Waals surface area contributed by atoms with Crippen LogP contribution in [-0.4, -0.2) is 41.3 Å². The van der Waals surface area contributed by atoms with Gasteiger partial charge in [-0.05, 0) is 23.2 Å². The van der Waals surface area contributed by atoms with E-state index >= 15 is 0 Å². The van der Waals surface area contributed by atoms with Gasteiger partial charge >= 0.3 is 0 Å². The number of hydrogen-bond acceptors (Lipinski definition) is 5. The molecule has 0 atom stereocenters. The summed E-state index contributed by atoms with van der Waals surface area (Å²) in [5.74, 6) is 0.553. The Morgan fingerprint density at radius 2 is 1.67 bits per heavy atom. The van der Waals surface area contributed by atoms with Crippen LogP contribution in [0.1, 0.15) is 0 Å². The highest BCUT2D eigenvalue weighted by Gasteiger charge is 2.50. The molecule has 3 heterocycles. The molecule has 1 aromatic heterocycles. The van der Waals surface area contributed by atoms with Crippen molar-refractivity contribution in [1.29, 1.82) is 0 Å². The van der Waals surface area contributed by atoms with Gasteiger partial charge < -0.3 is 9.64 Å². The monoisotopic (exact) mass is 246 g/mol. The molecule has 0 bridgehead atoms. The van der Waals surface area contributed by atoms with Crippen molar-refractivity contribution in [2.24, 2.45) is 5.41 Å². The maximum Gasteiger partial charge on any atom is 0.231 e. The topological polar surface area (TPSA) is 51.1 Å². The van der Waals surface area contributed by atoms with E-state index in [4.69, 9.17) is 27.9 Å². The zero-order valence-electron chi connectivity index (χ0n) is 7.78. The lowest BCUT2D eigenvalue weighted by atomic mass is 9.78. The first-order chi connectivity index (χ1) is 7.17. The van der Waals surface area contributed by atoms with Gasteiger partial charge in [-0.25, -0.2) is 0 Å². The van der Waals surface area contributed by atoms with Crippen molar-refractivity contribution in [3.8, 4) is 0 Å². The van der Waals surface area contributed by atoms with Gasteiger partial charge in [0.05, 0.1) is 18.6 Å². The quantitative estimate of drug-likeness (QED) is 0.741. The average molecular weight is 247 g/mol. The maximum atomic E-state index is 5.70. The molecule has 1 aromatic rings. The van der Waals surface area contributed by atoms with Gasteiger partial charge in [0, 0.05) is 13.1 Å². The van der Waals surface area contributed by atoms with Crippen LogP contribution in [0.15, 0.2) is 0 Å². The van der Waals surface area contributed by atoms with Crippen molar-refractivity contribution in [3.05, 3.63) is 10.6 Å². The van der Waals surface area contributed by atoms with E-state index in [-0.39, 0.29) is 10.6 Å². The lowest BCUT2D eigenvalue weighted by molar-refractivity contribution is -0.127. The van der Waals surface area contributed by atoms with E-state index in [2.05, 4.69) is 15.0 Å². The van der Waals surface area contributed by atoms with Crippen LogP contribution in [0.4, 0.5) is 5.95 Å². The Bertz CT molecular complexity index is 381. The summed E-state index contributed by atoms with van der Waals surface area (Å²) in [6.45, 7) is 3.47. The van der Waals surface area contributed by atoms with Gasteiger partial charge in [-0.15, -0.1) is 0 Å². The molecule has 7 heteroatoms. The molecule has 80 valence electrons. The van der Waals surface area contributed by atoms with Crippen molar-refractivity contribution in [3.63, 3.8) is 0 Å². The fraction of sp³-hybridized carbons (Fsp3) is 0.625. The zero-order valence-corrected chi connectivity index (χ0v) is 9.29. The molecule has 2 aliphatic heterocycles. The van der Waals surface area contributed by atoms with Crippen molar-refractivity contribution in [1.82, 2.24) is 15.0 Å². The maximum absolute atomic E-state index is 5.70. The summed E-state index contributed by atoms with van der Waals surface area (Å²) in [4.78, 5) is 13.8. The summed E-state index contributed by atoms with van der Waals surface area (Å²) in [5, 5.41) is 0.270. The van der Waals surface area contributed by atoms with Gasteiger partial charge in [-0.1, -0.05) is 0 Å². The Kier molecular flexibility index (Phi) is 2.02. The van der Waals surface area contributed by atoms with Crippen LogP contribution < -0.4 is 4.90 Å². The van der Waals surface area contributed by atoms with Crippen LogP contribution in [0.3, 0.4) is 0 Å². The molecule has 0 radical (unpaired) electrons.